The van der Waals surface area contributed by atoms with Gasteiger partial charge in [0.05, 0.1) is 24.5 Å². The van der Waals surface area contributed by atoms with Crippen molar-refractivity contribution in [1.82, 2.24) is 20.3 Å². The summed E-state index contributed by atoms with van der Waals surface area (Å²) in [4.78, 5) is 0. The molecule has 2 rings (SSSR count). The third kappa shape index (κ3) is 4.07. The average molecular weight is 252 g/mol. The van der Waals surface area contributed by atoms with Gasteiger partial charge >= 0.3 is 0 Å². The number of methoxy groups -OCH3 is 1. The Morgan fingerprint density at radius 2 is 2.11 bits per heavy atom. The molecule has 1 saturated carbocycles. The van der Waals surface area contributed by atoms with Crippen LogP contribution in [0.1, 0.15) is 50.3 Å². The first-order valence-electron chi connectivity index (χ1n) is 7.00. The molecule has 1 aliphatic carbocycles. The lowest BCUT2D eigenvalue weighted by Crippen LogP contribution is -2.18. The Labute approximate surface area is 109 Å². The van der Waals surface area contributed by atoms with Crippen molar-refractivity contribution in [3.05, 3.63) is 11.9 Å². The Morgan fingerprint density at radius 3 is 2.83 bits per heavy atom. The van der Waals surface area contributed by atoms with Crippen LogP contribution >= 0.6 is 0 Å². The molecule has 0 bridgehead atoms. The van der Waals surface area contributed by atoms with Crippen molar-refractivity contribution in [3.8, 4) is 0 Å². The summed E-state index contributed by atoms with van der Waals surface area (Å²) in [6.45, 7) is 2.36. The topological polar surface area (TPSA) is 52.0 Å². The molecule has 0 saturated heterocycles. The van der Waals surface area contributed by atoms with E-state index in [4.69, 9.17) is 4.74 Å². The molecule has 5 nitrogen and oxygen atoms in total. The maximum absolute atomic E-state index is 4.99. The van der Waals surface area contributed by atoms with Crippen LogP contribution in [0, 0.1) is 0 Å². The summed E-state index contributed by atoms with van der Waals surface area (Å²) < 4.78 is 7.06. The molecule has 18 heavy (non-hydrogen) atoms. The lowest BCUT2D eigenvalue weighted by Gasteiger charge is -2.12. The molecule has 0 spiro atoms. The van der Waals surface area contributed by atoms with Crippen molar-refractivity contribution in [3.63, 3.8) is 0 Å². The predicted molar refractivity (Wildman–Crippen MR) is 70.3 cm³/mol. The minimum Gasteiger partial charge on any atom is -0.383 e. The molecular formula is C13H24N4O. The average Bonchev–Trinajstić information content (AvgIpc) is 2.69. The number of aromatic nitrogens is 3. The zero-order chi connectivity index (χ0) is 12.6. The molecule has 1 aromatic heterocycles. The van der Waals surface area contributed by atoms with Gasteiger partial charge < -0.3 is 10.1 Å². The monoisotopic (exact) mass is 252 g/mol. The second-order valence-corrected chi connectivity index (χ2v) is 5.00. The molecule has 1 N–H and O–H groups in total. The summed E-state index contributed by atoms with van der Waals surface area (Å²) in [7, 11) is 1.71. The van der Waals surface area contributed by atoms with Crippen molar-refractivity contribution in [2.75, 3.05) is 20.3 Å². The van der Waals surface area contributed by atoms with Crippen LogP contribution < -0.4 is 5.32 Å². The van der Waals surface area contributed by atoms with Gasteiger partial charge in [0.25, 0.3) is 0 Å². The fraction of sp³-hybridized carbons (Fsp3) is 0.846. The summed E-state index contributed by atoms with van der Waals surface area (Å²) in [5, 5.41) is 11.8. The molecule has 5 heteroatoms. The van der Waals surface area contributed by atoms with Gasteiger partial charge in [0.1, 0.15) is 0 Å². The summed E-state index contributed by atoms with van der Waals surface area (Å²) >= 11 is 0. The van der Waals surface area contributed by atoms with Crippen molar-refractivity contribution >= 4 is 0 Å². The normalized spacial score (nSPS) is 17.8. The van der Waals surface area contributed by atoms with Gasteiger partial charge in [-0.15, -0.1) is 5.10 Å². The van der Waals surface area contributed by atoms with E-state index in [0.29, 0.717) is 6.04 Å². The standard InChI is InChI=1S/C13H24N4O/c1-18-9-8-14-10-12-11-17(16-15-12)13-6-4-2-3-5-7-13/h11,13-14H,2-10H2,1H3. The van der Waals surface area contributed by atoms with Crippen LogP contribution in [0.15, 0.2) is 6.20 Å². The first-order valence-corrected chi connectivity index (χ1v) is 7.00. The van der Waals surface area contributed by atoms with E-state index in [1.165, 1.54) is 38.5 Å². The summed E-state index contributed by atoms with van der Waals surface area (Å²) in [6, 6.07) is 0.563. The van der Waals surface area contributed by atoms with Gasteiger partial charge in [0.2, 0.25) is 0 Å². The molecule has 0 aromatic carbocycles. The molecule has 0 unspecified atom stereocenters. The third-order valence-electron chi connectivity index (χ3n) is 3.55. The molecular weight excluding hydrogens is 228 g/mol. The quantitative estimate of drug-likeness (QED) is 0.620. The maximum atomic E-state index is 4.99. The zero-order valence-electron chi connectivity index (χ0n) is 11.3. The highest BCUT2D eigenvalue weighted by Gasteiger charge is 2.15. The minimum absolute atomic E-state index is 0.563. The second-order valence-electron chi connectivity index (χ2n) is 5.00. The van der Waals surface area contributed by atoms with Crippen LogP contribution in [0.4, 0.5) is 0 Å². The Balaban J connectivity index is 1.81. The van der Waals surface area contributed by atoms with Gasteiger partial charge in [0, 0.05) is 20.2 Å². The van der Waals surface area contributed by atoms with Crippen LogP contribution in [0.2, 0.25) is 0 Å². The minimum atomic E-state index is 0.563. The maximum Gasteiger partial charge on any atom is 0.0964 e. The van der Waals surface area contributed by atoms with E-state index in [2.05, 4.69) is 26.5 Å². The largest absolute Gasteiger partial charge is 0.383 e. The molecule has 0 atom stereocenters. The Morgan fingerprint density at radius 1 is 1.33 bits per heavy atom. The number of nitrogens with one attached hydrogen (secondary N) is 1. The molecule has 1 heterocycles. The van der Waals surface area contributed by atoms with Gasteiger partial charge in [-0.1, -0.05) is 30.9 Å². The lowest BCUT2D eigenvalue weighted by molar-refractivity contribution is 0.199. The number of rotatable bonds is 6. The molecule has 0 amide bonds. The Kier molecular flexibility index (Phi) is 5.61. The van der Waals surface area contributed by atoms with Gasteiger partial charge in [-0.2, -0.15) is 0 Å². The van der Waals surface area contributed by atoms with Gasteiger partial charge in [-0.3, -0.25) is 0 Å². The first kappa shape index (κ1) is 13.5. The highest BCUT2D eigenvalue weighted by molar-refractivity contribution is 4.93. The van der Waals surface area contributed by atoms with Crippen LogP contribution in [-0.2, 0) is 11.3 Å². The molecule has 0 aliphatic heterocycles. The summed E-state index contributed by atoms with van der Waals surface area (Å²) in [6.07, 6.45) is 9.99. The molecule has 1 fully saturated rings. The first-order chi connectivity index (χ1) is 8.90. The fourth-order valence-corrected chi connectivity index (χ4v) is 2.49. The van der Waals surface area contributed by atoms with Gasteiger partial charge in [-0.05, 0) is 12.8 Å². The number of hydrogen-bond acceptors (Lipinski definition) is 4. The van der Waals surface area contributed by atoms with Crippen LogP contribution in [0.5, 0.6) is 0 Å². The van der Waals surface area contributed by atoms with Gasteiger partial charge in [-0.25, -0.2) is 4.68 Å². The smallest absolute Gasteiger partial charge is 0.0964 e. The van der Waals surface area contributed by atoms with Crippen molar-refractivity contribution in [1.29, 1.82) is 0 Å². The van der Waals surface area contributed by atoms with E-state index in [9.17, 15) is 0 Å². The molecule has 0 radical (unpaired) electrons. The Bertz CT molecular complexity index is 331. The van der Waals surface area contributed by atoms with E-state index >= 15 is 0 Å². The second kappa shape index (κ2) is 7.48. The van der Waals surface area contributed by atoms with Crippen molar-refractivity contribution in [2.24, 2.45) is 0 Å². The van der Waals surface area contributed by atoms with E-state index in [0.717, 1.165) is 25.4 Å². The van der Waals surface area contributed by atoms with E-state index in [1.54, 1.807) is 7.11 Å². The van der Waals surface area contributed by atoms with Crippen LogP contribution in [0.25, 0.3) is 0 Å². The predicted octanol–water partition coefficient (Wildman–Crippen LogP) is 1.91. The van der Waals surface area contributed by atoms with Gasteiger partial charge in [0.15, 0.2) is 0 Å². The van der Waals surface area contributed by atoms with Crippen LogP contribution in [-0.4, -0.2) is 35.3 Å². The lowest BCUT2D eigenvalue weighted by atomic mass is 10.1. The number of hydrogen-bond donors (Lipinski definition) is 1. The van der Waals surface area contributed by atoms with Crippen LogP contribution in [0.3, 0.4) is 0 Å². The number of ether oxygens (including phenoxy) is 1. The summed E-state index contributed by atoms with van der Waals surface area (Å²) in [5.41, 5.74) is 1.02. The summed E-state index contributed by atoms with van der Waals surface area (Å²) in [5.74, 6) is 0. The fourth-order valence-electron chi connectivity index (χ4n) is 2.49. The number of nitrogens with zero attached hydrogens (tertiary/aromatic N) is 3. The van der Waals surface area contributed by atoms with E-state index in [1.807, 2.05) is 0 Å². The van der Waals surface area contributed by atoms with Crippen molar-refractivity contribution < 1.29 is 4.74 Å². The van der Waals surface area contributed by atoms with E-state index < -0.39 is 0 Å². The highest BCUT2D eigenvalue weighted by atomic mass is 16.5. The third-order valence-corrected chi connectivity index (χ3v) is 3.55. The molecule has 102 valence electrons. The van der Waals surface area contributed by atoms with E-state index in [-0.39, 0.29) is 0 Å². The highest BCUT2D eigenvalue weighted by Crippen LogP contribution is 2.26. The Hall–Kier alpha value is -0.940. The zero-order valence-corrected chi connectivity index (χ0v) is 11.3. The molecule has 1 aliphatic rings. The SMILES string of the molecule is COCCNCc1cn(C2CCCCCC2)nn1. The molecule has 1 aromatic rings. The van der Waals surface area contributed by atoms with Crippen molar-refractivity contribution in [2.45, 2.75) is 51.1 Å².